The summed E-state index contributed by atoms with van der Waals surface area (Å²) in [5.41, 5.74) is 6.36. The van der Waals surface area contributed by atoms with Gasteiger partial charge in [0, 0.05) is 31.2 Å². The minimum atomic E-state index is -0.127. The maximum absolute atomic E-state index is 12.5. The highest BCUT2D eigenvalue weighted by Crippen LogP contribution is 2.27. The lowest BCUT2D eigenvalue weighted by Gasteiger charge is -2.33. The number of ether oxygens (including phenoxy) is 1. The highest BCUT2D eigenvalue weighted by Gasteiger charge is 2.37. The van der Waals surface area contributed by atoms with Gasteiger partial charge in [0.05, 0.1) is 24.9 Å². The molecular weight excluding hydrogens is 320 g/mol. The Hall–Kier alpha value is -1.51. The smallest absolute Gasteiger partial charge is 0.273 e. The van der Waals surface area contributed by atoms with Crippen LogP contribution in [0.3, 0.4) is 0 Å². The van der Waals surface area contributed by atoms with Crippen molar-refractivity contribution in [2.45, 2.75) is 69.3 Å². The van der Waals surface area contributed by atoms with Crippen LogP contribution in [0.5, 0.6) is 0 Å². The van der Waals surface area contributed by atoms with Gasteiger partial charge in [0.25, 0.3) is 5.91 Å². The monoisotopic (exact) mass is 348 g/mol. The summed E-state index contributed by atoms with van der Waals surface area (Å²) in [7, 11) is 0. The Labute approximate surface area is 148 Å². The third-order valence-corrected chi connectivity index (χ3v) is 5.79. The van der Waals surface area contributed by atoms with Crippen molar-refractivity contribution < 1.29 is 9.53 Å². The number of morpholine rings is 1. The minimum absolute atomic E-state index is 0.127. The van der Waals surface area contributed by atoms with Gasteiger partial charge in [-0.05, 0) is 39.0 Å². The molecule has 2 saturated heterocycles. The Morgan fingerprint density at radius 3 is 2.88 bits per heavy atom. The SMILES string of the molecule is C[C@H]1CN2C[C@H](NC(=O)c3cn(C4CCC(N)CC4)nn3)C[C@H]2CO1. The first-order valence-electron chi connectivity index (χ1n) is 9.42. The van der Waals surface area contributed by atoms with Crippen molar-refractivity contribution in [1.82, 2.24) is 25.2 Å². The summed E-state index contributed by atoms with van der Waals surface area (Å²) in [6, 6.07) is 1.19. The van der Waals surface area contributed by atoms with Crippen molar-refractivity contribution in [3.8, 4) is 0 Å². The number of hydrogen-bond acceptors (Lipinski definition) is 6. The van der Waals surface area contributed by atoms with Crippen molar-refractivity contribution in [3.63, 3.8) is 0 Å². The molecule has 3 aliphatic rings. The molecule has 0 spiro atoms. The van der Waals surface area contributed by atoms with Crippen LogP contribution in [-0.4, -0.2) is 69.7 Å². The van der Waals surface area contributed by atoms with E-state index in [-0.39, 0.29) is 18.1 Å². The Morgan fingerprint density at radius 2 is 2.08 bits per heavy atom. The molecule has 3 heterocycles. The molecular formula is C17H28N6O2. The van der Waals surface area contributed by atoms with Crippen LogP contribution in [0.15, 0.2) is 6.20 Å². The van der Waals surface area contributed by atoms with Gasteiger partial charge in [-0.25, -0.2) is 4.68 Å². The third-order valence-electron chi connectivity index (χ3n) is 5.79. The van der Waals surface area contributed by atoms with Crippen LogP contribution in [0.1, 0.15) is 55.6 Å². The molecule has 4 rings (SSSR count). The van der Waals surface area contributed by atoms with Crippen LogP contribution in [0, 0.1) is 0 Å². The lowest BCUT2D eigenvalue weighted by Crippen LogP contribution is -2.45. The largest absolute Gasteiger partial charge is 0.376 e. The van der Waals surface area contributed by atoms with Gasteiger partial charge >= 0.3 is 0 Å². The molecule has 0 aromatic carbocycles. The summed E-state index contributed by atoms with van der Waals surface area (Å²) in [6.45, 7) is 4.68. The zero-order valence-electron chi connectivity index (χ0n) is 14.8. The van der Waals surface area contributed by atoms with Crippen LogP contribution in [0.4, 0.5) is 0 Å². The van der Waals surface area contributed by atoms with E-state index in [2.05, 4.69) is 27.5 Å². The maximum Gasteiger partial charge on any atom is 0.273 e. The molecule has 8 heteroatoms. The van der Waals surface area contributed by atoms with E-state index in [9.17, 15) is 4.79 Å². The Morgan fingerprint density at radius 1 is 1.28 bits per heavy atom. The van der Waals surface area contributed by atoms with Gasteiger partial charge in [-0.2, -0.15) is 0 Å². The lowest BCUT2D eigenvalue weighted by atomic mass is 9.92. The molecule has 138 valence electrons. The van der Waals surface area contributed by atoms with Crippen LogP contribution in [-0.2, 0) is 4.74 Å². The van der Waals surface area contributed by atoms with Crippen LogP contribution in [0.25, 0.3) is 0 Å². The van der Waals surface area contributed by atoms with Gasteiger partial charge in [-0.3, -0.25) is 9.69 Å². The molecule has 0 unspecified atom stereocenters. The van der Waals surface area contributed by atoms with E-state index >= 15 is 0 Å². The van der Waals surface area contributed by atoms with Crippen molar-refractivity contribution in [3.05, 3.63) is 11.9 Å². The predicted octanol–water partition coefficient (Wildman–Crippen LogP) is 0.312. The number of carbonyl (C=O) groups is 1. The first-order chi connectivity index (χ1) is 12.1. The maximum atomic E-state index is 12.5. The van der Waals surface area contributed by atoms with Gasteiger partial charge in [-0.1, -0.05) is 5.21 Å². The fourth-order valence-corrected chi connectivity index (χ4v) is 4.33. The number of nitrogens with one attached hydrogen (secondary N) is 1. The molecule has 8 nitrogen and oxygen atoms in total. The lowest BCUT2D eigenvalue weighted by molar-refractivity contribution is -0.0390. The van der Waals surface area contributed by atoms with Gasteiger partial charge < -0.3 is 15.8 Å². The summed E-state index contributed by atoms with van der Waals surface area (Å²) in [5, 5.41) is 11.4. The number of fused-ring (bicyclic) bond motifs is 1. The molecule has 1 saturated carbocycles. The topological polar surface area (TPSA) is 98.3 Å². The van der Waals surface area contributed by atoms with Gasteiger partial charge in [0.2, 0.25) is 0 Å². The summed E-state index contributed by atoms with van der Waals surface area (Å²) in [6.07, 6.45) is 7.01. The molecule has 1 amide bonds. The molecule has 1 aliphatic carbocycles. The number of rotatable bonds is 3. The highest BCUT2D eigenvalue weighted by molar-refractivity contribution is 5.92. The molecule has 0 radical (unpaired) electrons. The second-order valence-corrected chi connectivity index (χ2v) is 7.81. The fourth-order valence-electron chi connectivity index (χ4n) is 4.33. The standard InChI is InChI=1S/C17H28N6O2/c1-11-7-22-8-13(6-15(22)10-25-11)19-17(24)16-9-23(21-20-16)14-4-2-12(18)3-5-14/h9,11-15H,2-8,10,18H2,1H3,(H,19,24)/t11-,12?,13+,14?,15-/m0/s1. The highest BCUT2D eigenvalue weighted by atomic mass is 16.5. The Bertz CT molecular complexity index is 612. The average molecular weight is 348 g/mol. The third kappa shape index (κ3) is 3.70. The molecule has 1 aromatic heterocycles. The first-order valence-corrected chi connectivity index (χ1v) is 9.42. The zero-order valence-corrected chi connectivity index (χ0v) is 14.8. The molecule has 3 fully saturated rings. The van der Waals surface area contributed by atoms with Crippen LogP contribution in [0.2, 0.25) is 0 Å². The molecule has 3 N–H and O–H groups in total. The van der Waals surface area contributed by atoms with E-state index in [0.29, 0.717) is 23.8 Å². The number of carbonyl (C=O) groups excluding carboxylic acids is 1. The normalized spacial score (nSPS) is 36.2. The second kappa shape index (κ2) is 7.01. The van der Waals surface area contributed by atoms with Crippen LogP contribution < -0.4 is 11.1 Å². The van der Waals surface area contributed by atoms with E-state index in [1.807, 2.05) is 4.68 Å². The fraction of sp³-hybridized carbons (Fsp3) is 0.824. The summed E-state index contributed by atoms with van der Waals surface area (Å²) in [4.78, 5) is 14.9. The van der Waals surface area contributed by atoms with Gasteiger partial charge in [0.1, 0.15) is 0 Å². The van der Waals surface area contributed by atoms with Gasteiger partial charge in [0.15, 0.2) is 5.69 Å². The molecule has 3 atom stereocenters. The first kappa shape index (κ1) is 16.9. The molecule has 25 heavy (non-hydrogen) atoms. The van der Waals surface area contributed by atoms with Crippen molar-refractivity contribution in [2.75, 3.05) is 19.7 Å². The second-order valence-electron chi connectivity index (χ2n) is 7.81. The molecule has 1 aromatic rings. The average Bonchev–Trinajstić information content (AvgIpc) is 3.21. The van der Waals surface area contributed by atoms with E-state index in [4.69, 9.17) is 10.5 Å². The Balaban J connectivity index is 1.33. The van der Waals surface area contributed by atoms with E-state index in [0.717, 1.165) is 51.8 Å². The number of amides is 1. The van der Waals surface area contributed by atoms with Crippen LogP contribution >= 0.6 is 0 Å². The quantitative estimate of drug-likeness (QED) is 0.816. The summed E-state index contributed by atoms with van der Waals surface area (Å²) >= 11 is 0. The number of hydrogen-bond donors (Lipinski definition) is 2. The van der Waals surface area contributed by atoms with Crippen molar-refractivity contribution in [2.24, 2.45) is 5.73 Å². The molecule has 0 bridgehead atoms. The summed E-state index contributed by atoms with van der Waals surface area (Å²) < 4.78 is 7.56. The zero-order chi connectivity index (χ0) is 17.4. The summed E-state index contributed by atoms with van der Waals surface area (Å²) in [5.74, 6) is -0.127. The number of nitrogens with zero attached hydrogens (tertiary/aromatic N) is 4. The van der Waals surface area contributed by atoms with Gasteiger partial charge in [-0.15, -0.1) is 5.10 Å². The van der Waals surface area contributed by atoms with Crippen molar-refractivity contribution in [1.29, 1.82) is 0 Å². The van der Waals surface area contributed by atoms with E-state index in [1.165, 1.54) is 0 Å². The number of nitrogens with two attached hydrogens (primary N) is 1. The minimum Gasteiger partial charge on any atom is -0.376 e. The van der Waals surface area contributed by atoms with Crippen molar-refractivity contribution >= 4 is 5.91 Å². The number of aromatic nitrogens is 3. The van der Waals surface area contributed by atoms with E-state index < -0.39 is 0 Å². The Kier molecular flexibility index (Phi) is 4.75. The molecule has 2 aliphatic heterocycles. The van der Waals surface area contributed by atoms with E-state index in [1.54, 1.807) is 6.20 Å². The predicted molar refractivity (Wildman–Crippen MR) is 92.1 cm³/mol.